The van der Waals surface area contributed by atoms with E-state index in [0.717, 1.165) is 28.1 Å². The molecule has 1 unspecified atom stereocenters. The van der Waals surface area contributed by atoms with Gasteiger partial charge in [-0.25, -0.2) is 4.98 Å². The third-order valence-corrected chi connectivity index (χ3v) is 6.56. The molecule has 0 bridgehead atoms. The van der Waals surface area contributed by atoms with Crippen molar-refractivity contribution in [2.45, 2.75) is 18.8 Å². The fourth-order valence-electron chi connectivity index (χ4n) is 4.60. The van der Waals surface area contributed by atoms with Crippen LogP contribution in [0, 0.1) is 0 Å². The van der Waals surface area contributed by atoms with Gasteiger partial charge in [-0.15, -0.1) is 0 Å². The Labute approximate surface area is 212 Å². The number of carbonyl (C=O) groups excluding carboxylic acids is 1. The molecule has 0 spiro atoms. The summed E-state index contributed by atoms with van der Waals surface area (Å²) in [6, 6.07) is 16.8. The molecule has 184 valence electrons. The fourth-order valence-corrected chi connectivity index (χ4v) is 4.60. The van der Waals surface area contributed by atoms with Crippen molar-refractivity contribution in [3.05, 3.63) is 106 Å². The van der Waals surface area contributed by atoms with Gasteiger partial charge in [0.05, 0.1) is 29.6 Å². The quantitative estimate of drug-likeness (QED) is 0.334. The SMILES string of the molecule is O=C(NCCc1ccccn1)c1ccc2c(c1)CC(c1nc3ccc(-c4cn[nH]c4)cc3c(=O)[nH]1)CO2. The zero-order valence-corrected chi connectivity index (χ0v) is 19.9. The number of hydrogen-bond donors (Lipinski definition) is 3. The molecule has 0 saturated heterocycles. The Morgan fingerprint density at radius 3 is 2.89 bits per heavy atom. The van der Waals surface area contributed by atoms with E-state index >= 15 is 0 Å². The Morgan fingerprint density at radius 2 is 2.05 bits per heavy atom. The van der Waals surface area contributed by atoms with Crippen molar-refractivity contribution in [3.8, 4) is 16.9 Å². The number of rotatable bonds is 6. The van der Waals surface area contributed by atoms with Gasteiger partial charge >= 0.3 is 0 Å². The molecule has 0 aliphatic carbocycles. The van der Waals surface area contributed by atoms with Crippen LogP contribution in [0.1, 0.15) is 33.4 Å². The molecule has 9 heteroatoms. The lowest BCUT2D eigenvalue weighted by molar-refractivity contribution is 0.0954. The third kappa shape index (κ3) is 4.71. The van der Waals surface area contributed by atoms with E-state index in [1.807, 2.05) is 48.5 Å². The predicted molar refractivity (Wildman–Crippen MR) is 139 cm³/mol. The van der Waals surface area contributed by atoms with Crippen molar-refractivity contribution >= 4 is 16.8 Å². The van der Waals surface area contributed by atoms with Crippen LogP contribution in [0.5, 0.6) is 5.75 Å². The molecular weight excluding hydrogens is 468 g/mol. The normalized spacial score (nSPS) is 14.6. The maximum absolute atomic E-state index is 12.9. The van der Waals surface area contributed by atoms with Crippen LogP contribution in [0.25, 0.3) is 22.0 Å². The monoisotopic (exact) mass is 492 g/mol. The number of aromatic amines is 2. The molecule has 1 amide bonds. The molecule has 2 aromatic carbocycles. The number of hydrogen-bond acceptors (Lipinski definition) is 6. The maximum Gasteiger partial charge on any atom is 0.258 e. The van der Waals surface area contributed by atoms with Gasteiger partial charge in [0.25, 0.3) is 11.5 Å². The van der Waals surface area contributed by atoms with E-state index in [9.17, 15) is 9.59 Å². The van der Waals surface area contributed by atoms with E-state index in [4.69, 9.17) is 9.72 Å². The first-order valence-electron chi connectivity index (χ1n) is 12.1. The van der Waals surface area contributed by atoms with Crippen LogP contribution in [-0.2, 0) is 12.8 Å². The summed E-state index contributed by atoms with van der Waals surface area (Å²) in [5.74, 6) is 1.03. The van der Waals surface area contributed by atoms with Gasteiger partial charge in [0.2, 0.25) is 0 Å². The summed E-state index contributed by atoms with van der Waals surface area (Å²) in [5.41, 5.74) is 4.62. The Kier molecular flexibility index (Phi) is 5.94. The Balaban J connectivity index is 1.19. The van der Waals surface area contributed by atoms with Gasteiger partial charge in [-0.3, -0.25) is 19.7 Å². The second kappa shape index (κ2) is 9.69. The lowest BCUT2D eigenvalue weighted by atomic mass is 9.94. The van der Waals surface area contributed by atoms with Crippen molar-refractivity contribution in [1.29, 1.82) is 0 Å². The summed E-state index contributed by atoms with van der Waals surface area (Å²) in [5, 5.41) is 10.2. The smallest absolute Gasteiger partial charge is 0.258 e. The van der Waals surface area contributed by atoms with Crippen molar-refractivity contribution < 1.29 is 9.53 Å². The van der Waals surface area contributed by atoms with E-state index in [-0.39, 0.29) is 17.4 Å². The van der Waals surface area contributed by atoms with E-state index in [2.05, 4.69) is 25.5 Å². The average molecular weight is 493 g/mol. The number of benzene rings is 2. The molecule has 1 aliphatic heterocycles. The molecule has 1 atom stereocenters. The van der Waals surface area contributed by atoms with E-state index in [0.29, 0.717) is 48.3 Å². The number of aromatic nitrogens is 5. The van der Waals surface area contributed by atoms with Gasteiger partial charge in [0, 0.05) is 42.2 Å². The van der Waals surface area contributed by atoms with Crippen LogP contribution < -0.4 is 15.6 Å². The molecular formula is C28H24N6O3. The van der Waals surface area contributed by atoms with Gasteiger partial charge < -0.3 is 15.0 Å². The highest BCUT2D eigenvalue weighted by molar-refractivity contribution is 5.94. The minimum absolute atomic E-state index is 0.138. The van der Waals surface area contributed by atoms with E-state index < -0.39 is 0 Å². The van der Waals surface area contributed by atoms with E-state index in [1.54, 1.807) is 24.7 Å². The minimum Gasteiger partial charge on any atom is -0.493 e. The first kappa shape index (κ1) is 22.7. The first-order chi connectivity index (χ1) is 18.1. The lowest BCUT2D eigenvalue weighted by Gasteiger charge is -2.25. The van der Waals surface area contributed by atoms with Crippen LogP contribution >= 0.6 is 0 Å². The molecule has 9 nitrogen and oxygen atoms in total. The third-order valence-electron chi connectivity index (χ3n) is 6.56. The highest BCUT2D eigenvalue weighted by atomic mass is 16.5. The molecule has 1 aliphatic rings. The van der Waals surface area contributed by atoms with Gasteiger partial charge in [0.15, 0.2) is 0 Å². The number of pyridine rings is 1. The number of fused-ring (bicyclic) bond motifs is 2. The van der Waals surface area contributed by atoms with Crippen LogP contribution in [0.2, 0.25) is 0 Å². The Morgan fingerprint density at radius 1 is 1.11 bits per heavy atom. The number of ether oxygens (including phenoxy) is 1. The largest absolute Gasteiger partial charge is 0.493 e. The Bertz CT molecular complexity index is 1630. The zero-order chi connectivity index (χ0) is 25.2. The average Bonchev–Trinajstić information content (AvgIpc) is 3.48. The number of carbonyl (C=O) groups is 1. The van der Waals surface area contributed by atoms with Gasteiger partial charge in [0.1, 0.15) is 11.6 Å². The standard InChI is InChI=1S/C28H24N6O3/c35-27(30-10-8-22-3-1-2-9-29-22)18-5-7-25-19(11-18)12-20(16-37-25)26-33-24-6-4-17(21-14-31-32-15-21)13-23(24)28(36)34-26/h1-7,9,11,13-15,20H,8,10,12,16H2,(H,30,35)(H,31,32)(H,33,34,36). The van der Waals surface area contributed by atoms with Gasteiger partial charge in [-0.2, -0.15) is 5.10 Å². The summed E-state index contributed by atoms with van der Waals surface area (Å²) >= 11 is 0. The predicted octanol–water partition coefficient (Wildman–Crippen LogP) is 3.40. The van der Waals surface area contributed by atoms with Crippen LogP contribution in [0.15, 0.2) is 78.0 Å². The van der Waals surface area contributed by atoms with Crippen molar-refractivity contribution in [3.63, 3.8) is 0 Å². The van der Waals surface area contributed by atoms with Gasteiger partial charge in [-0.1, -0.05) is 12.1 Å². The number of nitrogens with one attached hydrogen (secondary N) is 3. The fraction of sp³-hybridized carbons (Fsp3) is 0.179. The summed E-state index contributed by atoms with van der Waals surface area (Å²) < 4.78 is 5.97. The van der Waals surface area contributed by atoms with Crippen molar-refractivity contribution in [2.24, 2.45) is 0 Å². The lowest BCUT2D eigenvalue weighted by Crippen LogP contribution is -2.27. The van der Waals surface area contributed by atoms with Crippen LogP contribution in [0.3, 0.4) is 0 Å². The molecule has 0 fully saturated rings. The van der Waals surface area contributed by atoms with Crippen molar-refractivity contribution in [2.75, 3.05) is 13.2 Å². The molecule has 0 radical (unpaired) electrons. The molecule has 5 aromatic rings. The van der Waals surface area contributed by atoms with Gasteiger partial charge in [-0.05, 0) is 60.0 Å². The zero-order valence-electron chi connectivity index (χ0n) is 19.9. The number of nitrogens with zero attached hydrogens (tertiary/aromatic N) is 3. The topological polar surface area (TPSA) is 126 Å². The minimum atomic E-state index is -0.197. The van der Waals surface area contributed by atoms with Crippen LogP contribution in [-0.4, -0.2) is 44.2 Å². The number of amides is 1. The first-order valence-corrected chi connectivity index (χ1v) is 12.1. The molecule has 4 heterocycles. The number of H-pyrrole nitrogens is 2. The van der Waals surface area contributed by atoms with E-state index in [1.165, 1.54) is 0 Å². The summed E-state index contributed by atoms with van der Waals surface area (Å²) in [4.78, 5) is 37.6. The highest BCUT2D eigenvalue weighted by Gasteiger charge is 2.25. The molecule has 0 saturated carbocycles. The highest BCUT2D eigenvalue weighted by Crippen LogP contribution is 2.32. The summed E-state index contributed by atoms with van der Waals surface area (Å²) in [7, 11) is 0. The molecule has 6 rings (SSSR count). The second-order valence-corrected chi connectivity index (χ2v) is 9.03. The Hall–Kier alpha value is -4.79. The molecule has 3 N–H and O–H groups in total. The summed E-state index contributed by atoms with van der Waals surface area (Å²) in [6.45, 7) is 0.890. The summed E-state index contributed by atoms with van der Waals surface area (Å²) in [6.07, 6.45) is 6.50. The van der Waals surface area contributed by atoms with Crippen LogP contribution in [0.4, 0.5) is 0 Å². The molecule has 37 heavy (non-hydrogen) atoms. The van der Waals surface area contributed by atoms with Crippen molar-refractivity contribution in [1.82, 2.24) is 30.5 Å². The molecule has 3 aromatic heterocycles. The maximum atomic E-state index is 12.9. The second-order valence-electron chi connectivity index (χ2n) is 9.03.